The monoisotopic (exact) mass is 243 g/mol. The van der Waals surface area contributed by atoms with Crippen LogP contribution in [0.15, 0.2) is 6.33 Å². The molecule has 1 aromatic rings. The summed E-state index contributed by atoms with van der Waals surface area (Å²) in [6, 6.07) is 0. The second-order valence-electron chi connectivity index (χ2n) is 3.10. The molecule has 0 unspecified atom stereocenters. The SMILES string of the molecule is CSCCN(C)c1ncnc(N)c1[N+](=O)[O-]. The van der Waals surface area contributed by atoms with Crippen molar-refractivity contribution in [2.75, 3.05) is 36.2 Å². The zero-order valence-corrected chi connectivity index (χ0v) is 9.90. The number of nitro groups is 1. The minimum absolute atomic E-state index is 0.106. The van der Waals surface area contributed by atoms with Gasteiger partial charge in [-0.2, -0.15) is 11.8 Å². The molecule has 0 aliphatic rings. The molecule has 1 rings (SSSR count). The van der Waals surface area contributed by atoms with Gasteiger partial charge in [-0.15, -0.1) is 0 Å². The minimum atomic E-state index is -0.555. The summed E-state index contributed by atoms with van der Waals surface area (Å²) in [5.74, 6) is 1.01. The minimum Gasteiger partial charge on any atom is -0.378 e. The summed E-state index contributed by atoms with van der Waals surface area (Å²) in [4.78, 5) is 19.5. The van der Waals surface area contributed by atoms with Gasteiger partial charge in [0.15, 0.2) is 0 Å². The van der Waals surface area contributed by atoms with Crippen molar-refractivity contribution in [2.24, 2.45) is 0 Å². The summed E-state index contributed by atoms with van der Waals surface area (Å²) in [5.41, 5.74) is 5.23. The predicted molar refractivity (Wildman–Crippen MR) is 64.8 cm³/mol. The van der Waals surface area contributed by atoms with Crippen LogP contribution in [0.5, 0.6) is 0 Å². The Labute approximate surface area is 97.2 Å². The molecular weight excluding hydrogens is 230 g/mol. The van der Waals surface area contributed by atoms with Gasteiger partial charge in [-0.25, -0.2) is 9.97 Å². The lowest BCUT2D eigenvalue weighted by Crippen LogP contribution is -2.23. The van der Waals surface area contributed by atoms with Gasteiger partial charge in [0, 0.05) is 19.3 Å². The highest BCUT2D eigenvalue weighted by atomic mass is 32.2. The molecule has 2 N–H and O–H groups in total. The maximum atomic E-state index is 10.8. The lowest BCUT2D eigenvalue weighted by atomic mass is 10.4. The van der Waals surface area contributed by atoms with Crippen LogP contribution in [-0.4, -0.2) is 40.5 Å². The van der Waals surface area contributed by atoms with Crippen LogP contribution in [0, 0.1) is 10.1 Å². The van der Waals surface area contributed by atoms with Crippen molar-refractivity contribution in [3.8, 4) is 0 Å². The van der Waals surface area contributed by atoms with E-state index in [-0.39, 0.29) is 17.3 Å². The van der Waals surface area contributed by atoms with Gasteiger partial charge in [-0.3, -0.25) is 10.1 Å². The molecule has 0 saturated heterocycles. The van der Waals surface area contributed by atoms with Crippen LogP contribution in [0.3, 0.4) is 0 Å². The van der Waals surface area contributed by atoms with E-state index in [9.17, 15) is 10.1 Å². The third-order valence-electron chi connectivity index (χ3n) is 2.01. The molecule has 0 saturated carbocycles. The van der Waals surface area contributed by atoms with Gasteiger partial charge in [0.2, 0.25) is 11.6 Å². The molecule has 1 heterocycles. The molecule has 88 valence electrons. The van der Waals surface area contributed by atoms with Crippen molar-refractivity contribution in [3.63, 3.8) is 0 Å². The standard InChI is InChI=1S/C8H13N5O2S/c1-12(3-4-16-2)8-6(13(14)15)7(9)10-5-11-8/h5H,3-4H2,1-2H3,(H2,9,10,11). The van der Waals surface area contributed by atoms with Crippen LogP contribution in [0.4, 0.5) is 17.3 Å². The highest BCUT2D eigenvalue weighted by molar-refractivity contribution is 7.98. The van der Waals surface area contributed by atoms with Gasteiger partial charge < -0.3 is 10.6 Å². The molecule has 0 spiro atoms. The maximum Gasteiger partial charge on any atom is 0.353 e. The van der Waals surface area contributed by atoms with Crippen LogP contribution in [0.1, 0.15) is 0 Å². The largest absolute Gasteiger partial charge is 0.378 e. The number of rotatable bonds is 5. The van der Waals surface area contributed by atoms with E-state index in [2.05, 4.69) is 9.97 Å². The highest BCUT2D eigenvalue weighted by Crippen LogP contribution is 2.28. The van der Waals surface area contributed by atoms with Crippen LogP contribution < -0.4 is 10.6 Å². The lowest BCUT2D eigenvalue weighted by molar-refractivity contribution is -0.383. The quantitative estimate of drug-likeness (QED) is 0.602. The van der Waals surface area contributed by atoms with Crippen molar-refractivity contribution in [1.82, 2.24) is 9.97 Å². The average Bonchev–Trinajstić information content (AvgIpc) is 2.24. The number of hydrogen-bond acceptors (Lipinski definition) is 7. The fraction of sp³-hybridized carbons (Fsp3) is 0.500. The van der Waals surface area contributed by atoms with Crippen LogP contribution in [0.25, 0.3) is 0 Å². The normalized spacial score (nSPS) is 10.1. The summed E-state index contributed by atoms with van der Waals surface area (Å²) in [6.45, 7) is 0.665. The predicted octanol–water partition coefficient (Wildman–Crippen LogP) is 0.766. The third kappa shape index (κ3) is 2.72. The van der Waals surface area contributed by atoms with E-state index >= 15 is 0 Å². The van der Waals surface area contributed by atoms with Gasteiger partial charge in [-0.05, 0) is 6.26 Å². The van der Waals surface area contributed by atoms with E-state index in [0.717, 1.165) is 5.75 Å². The lowest BCUT2D eigenvalue weighted by Gasteiger charge is -2.17. The Morgan fingerprint density at radius 3 is 2.88 bits per heavy atom. The summed E-state index contributed by atoms with van der Waals surface area (Å²) in [7, 11) is 1.74. The number of aromatic nitrogens is 2. The zero-order chi connectivity index (χ0) is 12.1. The fourth-order valence-corrected chi connectivity index (χ4v) is 1.63. The molecule has 0 aromatic carbocycles. The van der Waals surface area contributed by atoms with Gasteiger partial charge >= 0.3 is 5.69 Å². The smallest absolute Gasteiger partial charge is 0.353 e. The molecule has 0 bridgehead atoms. The van der Waals surface area contributed by atoms with Crippen LogP contribution in [0.2, 0.25) is 0 Å². The van der Waals surface area contributed by atoms with E-state index in [1.165, 1.54) is 6.33 Å². The van der Waals surface area contributed by atoms with Crippen molar-refractivity contribution in [1.29, 1.82) is 0 Å². The molecule has 0 atom stereocenters. The van der Waals surface area contributed by atoms with Crippen molar-refractivity contribution in [2.45, 2.75) is 0 Å². The number of hydrogen-bond donors (Lipinski definition) is 1. The Morgan fingerprint density at radius 1 is 1.62 bits per heavy atom. The van der Waals surface area contributed by atoms with Crippen molar-refractivity contribution in [3.05, 3.63) is 16.4 Å². The molecule has 0 radical (unpaired) electrons. The third-order valence-corrected chi connectivity index (χ3v) is 2.60. The topological polar surface area (TPSA) is 98.2 Å². The molecular formula is C8H13N5O2S. The zero-order valence-electron chi connectivity index (χ0n) is 9.08. The highest BCUT2D eigenvalue weighted by Gasteiger charge is 2.23. The second kappa shape index (κ2) is 5.50. The molecule has 8 heteroatoms. The molecule has 1 aromatic heterocycles. The van der Waals surface area contributed by atoms with E-state index in [1.54, 1.807) is 23.7 Å². The summed E-state index contributed by atoms with van der Waals surface area (Å²) in [6.07, 6.45) is 3.20. The van der Waals surface area contributed by atoms with E-state index in [0.29, 0.717) is 6.54 Å². The fourth-order valence-electron chi connectivity index (χ4n) is 1.17. The molecule has 16 heavy (non-hydrogen) atoms. The average molecular weight is 243 g/mol. The second-order valence-corrected chi connectivity index (χ2v) is 4.09. The molecule has 0 fully saturated rings. The van der Waals surface area contributed by atoms with E-state index < -0.39 is 4.92 Å². The summed E-state index contributed by atoms with van der Waals surface area (Å²) in [5, 5.41) is 10.8. The van der Waals surface area contributed by atoms with E-state index in [4.69, 9.17) is 5.73 Å². The number of nitrogens with two attached hydrogens (primary N) is 1. The summed E-state index contributed by atoms with van der Waals surface area (Å²) >= 11 is 1.66. The molecule has 0 amide bonds. The van der Waals surface area contributed by atoms with Gasteiger partial charge in [-0.1, -0.05) is 0 Å². The van der Waals surface area contributed by atoms with Gasteiger partial charge in [0.25, 0.3) is 0 Å². The Bertz CT molecular complexity index is 387. The van der Waals surface area contributed by atoms with Crippen molar-refractivity contribution >= 4 is 29.1 Å². The first-order valence-corrected chi connectivity index (χ1v) is 5.92. The first-order valence-electron chi connectivity index (χ1n) is 4.53. The van der Waals surface area contributed by atoms with Crippen LogP contribution in [-0.2, 0) is 0 Å². The maximum absolute atomic E-state index is 10.8. The van der Waals surface area contributed by atoms with Gasteiger partial charge in [0.05, 0.1) is 4.92 Å². The van der Waals surface area contributed by atoms with E-state index in [1.807, 2.05) is 6.26 Å². The van der Waals surface area contributed by atoms with Crippen LogP contribution >= 0.6 is 11.8 Å². The van der Waals surface area contributed by atoms with Crippen molar-refractivity contribution < 1.29 is 4.92 Å². The van der Waals surface area contributed by atoms with Gasteiger partial charge in [0.1, 0.15) is 6.33 Å². The number of anilines is 2. The Balaban J connectivity index is 3.02. The Kier molecular flexibility index (Phi) is 4.29. The summed E-state index contributed by atoms with van der Waals surface area (Å²) < 4.78 is 0. The number of thioether (sulfide) groups is 1. The number of nitrogen functional groups attached to an aromatic ring is 1. The Hall–Kier alpha value is -1.57. The number of nitrogens with zero attached hydrogens (tertiary/aromatic N) is 4. The molecule has 0 aliphatic heterocycles. The molecule has 7 nitrogen and oxygen atoms in total. The first kappa shape index (κ1) is 12.5. The first-order chi connectivity index (χ1) is 7.57. The Morgan fingerprint density at radius 2 is 2.31 bits per heavy atom. The molecule has 0 aliphatic carbocycles.